The normalized spacial score (nSPS) is 12.2. The molecule has 2 aromatic rings. The Bertz CT molecular complexity index is 1030. The van der Waals surface area contributed by atoms with Crippen LogP contribution in [0.4, 0.5) is 15.8 Å². The van der Waals surface area contributed by atoms with Crippen molar-refractivity contribution in [1.82, 2.24) is 0 Å². The number of anilines is 2. The lowest BCUT2D eigenvalue weighted by molar-refractivity contribution is -0.117. The number of methoxy groups -OCH3 is 1. The second kappa shape index (κ2) is 9.23. The highest BCUT2D eigenvalue weighted by atomic mass is 35.5. The van der Waals surface area contributed by atoms with Gasteiger partial charge in [-0.2, -0.15) is 0 Å². The number of benzene rings is 2. The molecule has 0 fully saturated rings. The molecule has 7 nitrogen and oxygen atoms in total. The molecule has 0 aliphatic carbocycles. The molecule has 0 saturated carbocycles. The summed E-state index contributed by atoms with van der Waals surface area (Å²) in [4.78, 5) is 24.5. The van der Waals surface area contributed by atoms with Gasteiger partial charge in [0.05, 0.1) is 29.6 Å². The molecule has 0 aliphatic rings. The summed E-state index contributed by atoms with van der Waals surface area (Å²) in [6, 6.07) is 8.31. The van der Waals surface area contributed by atoms with Crippen molar-refractivity contribution in [2.24, 2.45) is 0 Å². The molecule has 0 unspecified atom stereocenters. The van der Waals surface area contributed by atoms with Crippen LogP contribution in [0.5, 0.6) is 0 Å². The summed E-state index contributed by atoms with van der Waals surface area (Å²) >= 11 is 5.79. The number of sulfonamides is 1. The molecule has 2 aromatic carbocycles. The van der Waals surface area contributed by atoms with E-state index >= 15 is 0 Å². The van der Waals surface area contributed by atoms with E-state index in [-0.39, 0.29) is 22.7 Å². The van der Waals surface area contributed by atoms with E-state index in [0.29, 0.717) is 5.69 Å². The average Bonchev–Trinajstić information content (AvgIpc) is 2.66. The van der Waals surface area contributed by atoms with Crippen LogP contribution in [0.1, 0.15) is 23.7 Å². The summed E-state index contributed by atoms with van der Waals surface area (Å²) in [7, 11) is -2.67. The fraction of sp³-hybridized carbons (Fsp3) is 0.263. The van der Waals surface area contributed by atoms with Crippen molar-refractivity contribution in [3.05, 3.63) is 58.9 Å². The van der Waals surface area contributed by atoms with Gasteiger partial charge in [-0.15, -0.1) is 0 Å². The third-order valence-corrected chi connectivity index (χ3v) is 5.51. The number of ether oxygens (including phenoxy) is 1. The molecule has 0 spiro atoms. The van der Waals surface area contributed by atoms with E-state index < -0.39 is 33.8 Å². The number of hydrogen-bond acceptors (Lipinski definition) is 5. The Kier molecular flexibility index (Phi) is 7.21. The van der Waals surface area contributed by atoms with Crippen LogP contribution in [-0.2, 0) is 19.6 Å². The molecule has 1 amide bonds. The van der Waals surface area contributed by atoms with Crippen LogP contribution in [0, 0.1) is 5.82 Å². The van der Waals surface area contributed by atoms with Gasteiger partial charge in [-0.1, -0.05) is 24.6 Å². The minimum atomic E-state index is -3.90. The van der Waals surface area contributed by atoms with Crippen LogP contribution < -0.4 is 9.62 Å². The molecule has 0 radical (unpaired) electrons. The van der Waals surface area contributed by atoms with E-state index in [1.807, 2.05) is 0 Å². The highest BCUT2D eigenvalue weighted by Gasteiger charge is 2.32. The number of nitrogens with one attached hydrogen (secondary N) is 1. The fourth-order valence-corrected chi connectivity index (χ4v) is 4.13. The molecule has 29 heavy (non-hydrogen) atoms. The molecule has 156 valence electrons. The lowest BCUT2D eigenvalue weighted by Gasteiger charge is -2.30. The standard InChI is InChI=1S/C19H20ClFN2O5S/c1-4-17(18(24)22-13-7-5-6-12(10-13)19(25)28-2)23(29(3,26)27)14-8-9-16(21)15(20)11-14/h5-11,17H,4H2,1-3H3,(H,22,24)/t17-/m1/s1. The molecule has 10 heteroatoms. The lowest BCUT2D eigenvalue weighted by Crippen LogP contribution is -2.47. The van der Waals surface area contributed by atoms with E-state index in [9.17, 15) is 22.4 Å². The Morgan fingerprint density at radius 3 is 2.48 bits per heavy atom. The Morgan fingerprint density at radius 2 is 1.93 bits per heavy atom. The maximum Gasteiger partial charge on any atom is 0.337 e. The molecule has 1 N–H and O–H groups in total. The number of hydrogen-bond donors (Lipinski definition) is 1. The molecule has 0 saturated heterocycles. The number of nitrogens with zero attached hydrogens (tertiary/aromatic N) is 1. The Hall–Kier alpha value is -2.65. The SMILES string of the molecule is CC[C@H](C(=O)Nc1cccc(C(=O)OC)c1)N(c1ccc(F)c(Cl)c1)S(C)(=O)=O. The van der Waals surface area contributed by atoms with Crippen LogP contribution in [0.3, 0.4) is 0 Å². The minimum absolute atomic E-state index is 0.0595. The zero-order valence-corrected chi connectivity index (χ0v) is 17.6. The second-order valence-electron chi connectivity index (χ2n) is 6.14. The molecule has 0 heterocycles. The molecule has 0 aliphatic heterocycles. The number of carbonyl (C=O) groups is 2. The van der Waals surface area contributed by atoms with Gasteiger partial charge in [0.25, 0.3) is 0 Å². The van der Waals surface area contributed by atoms with Gasteiger partial charge in [-0.25, -0.2) is 17.6 Å². The maximum absolute atomic E-state index is 13.5. The molecule has 0 aromatic heterocycles. The highest BCUT2D eigenvalue weighted by Crippen LogP contribution is 2.27. The van der Waals surface area contributed by atoms with Crippen LogP contribution in [0.2, 0.25) is 5.02 Å². The van der Waals surface area contributed by atoms with E-state index in [1.54, 1.807) is 19.1 Å². The third-order valence-electron chi connectivity index (χ3n) is 4.04. The van der Waals surface area contributed by atoms with Crippen molar-refractivity contribution in [3.63, 3.8) is 0 Å². The quantitative estimate of drug-likeness (QED) is 0.663. The van der Waals surface area contributed by atoms with Crippen molar-refractivity contribution in [2.45, 2.75) is 19.4 Å². The maximum atomic E-state index is 13.5. The van der Waals surface area contributed by atoms with Gasteiger partial charge >= 0.3 is 5.97 Å². The smallest absolute Gasteiger partial charge is 0.337 e. The van der Waals surface area contributed by atoms with E-state index in [1.165, 1.54) is 25.3 Å². The van der Waals surface area contributed by atoms with Crippen LogP contribution >= 0.6 is 11.6 Å². The summed E-state index contributed by atoms with van der Waals surface area (Å²) in [6.45, 7) is 1.64. The van der Waals surface area contributed by atoms with E-state index in [4.69, 9.17) is 11.6 Å². The van der Waals surface area contributed by atoms with Crippen molar-refractivity contribution in [2.75, 3.05) is 23.0 Å². The van der Waals surface area contributed by atoms with Crippen LogP contribution in [0.25, 0.3) is 0 Å². The Morgan fingerprint density at radius 1 is 1.24 bits per heavy atom. The first-order valence-electron chi connectivity index (χ1n) is 8.52. The Labute approximate surface area is 173 Å². The third kappa shape index (κ3) is 5.45. The first-order valence-corrected chi connectivity index (χ1v) is 10.7. The zero-order chi connectivity index (χ0) is 21.8. The largest absolute Gasteiger partial charge is 0.465 e. The van der Waals surface area contributed by atoms with E-state index in [2.05, 4.69) is 10.1 Å². The molecule has 0 bridgehead atoms. The zero-order valence-electron chi connectivity index (χ0n) is 16.0. The highest BCUT2D eigenvalue weighted by molar-refractivity contribution is 7.92. The second-order valence-corrected chi connectivity index (χ2v) is 8.41. The first kappa shape index (κ1) is 22.6. The van der Waals surface area contributed by atoms with Crippen LogP contribution in [-0.4, -0.2) is 39.7 Å². The number of amides is 1. The van der Waals surface area contributed by atoms with Gasteiger partial charge in [-0.3, -0.25) is 9.10 Å². The topological polar surface area (TPSA) is 92.8 Å². The average molecular weight is 443 g/mol. The van der Waals surface area contributed by atoms with Gasteiger partial charge in [-0.05, 0) is 42.8 Å². The van der Waals surface area contributed by atoms with Crippen molar-refractivity contribution < 1.29 is 27.1 Å². The molecule has 1 atom stereocenters. The number of esters is 1. The number of rotatable bonds is 7. The Balaban J connectivity index is 2.38. The summed E-state index contributed by atoms with van der Waals surface area (Å²) < 4.78 is 43.9. The lowest BCUT2D eigenvalue weighted by atomic mass is 10.1. The minimum Gasteiger partial charge on any atom is -0.465 e. The summed E-state index contributed by atoms with van der Waals surface area (Å²) in [5, 5.41) is 2.33. The monoisotopic (exact) mass is 442 g/mol. The number of halogens is 2. The predicted octanol–water partition coefficient (Wildman–Crippen LogP) is 3.45. The number of carbonyl (C=O) groups excluding carboxylic acids is 2. The van der Waals surface area contributed by atoms with Gasteiger partial charge < -0.3 is 10.1 Å². The summed E-state index contributed by atoms with van der Waals surface area (Å²) in [5.74, 6) is -1.91. The molecule has 2 rings (SSSR count). The van der Waals surface area contributed by atoms with Crippen molar-refractivity contribution >= 4 is 44.9 Å². The first-order chi connectivity index (χ1) is 13.6. The van der Waals surface area contributed by atoms with Gasteiger partial charge in [0.1, 0.15) is 11.9 Å². The van der Waals surface area contributed by atoms with E-state index in [0.717, 1.165) is 22.7 Å². The van der Waals surface area contributed by atoms with Gasteiger partial charge in [0.2, 0.25) is 15.9 Å². The van der Waals surface area contributed by atoms with Crippen LogP contribution in [0.15, 0.2) is 42.5 Å². The predicted molar refractivity (Wildman–Crippen MR) is 109 cm³/mol. The van der Waals surface area contributed by atoms with Crippen molar-refractivity contribution in [3.8, 4) is 0 Å². The fourth-order valence-electron chi connectivity index (χ4n) is 2.75. The summed E-state index contributed by atoms with van der Waals surface area (Å²) in [5.41, 5.74) is 0.579. The molecular weight excluding hydrogens is 423 g/mol. The molecular formula is C19H20ClFN2O5S. The van der Waals surface area contributed by atoms with Gasteiger partial charge in [0, 0.05) is 5.69 Å². The van der Waals surface area contributed by atoms with Gasteiger partial charge in [0.15, 0.2) is 0 Å². The van der Waals surface area contributed by atoms with Crippen molar-refractivity contribution in [1.29, 1.82) is 0 Å². The summed E-state index contributed by atoms with van der Waals surface area (Å²) in [6.07, 6.45) is 1.07.